The topological polar surface area (TPSA) is 64.1 Å². The van der Waals surface area contributed by atoms with Gasteiger partial charge in [0.05, 0.1) is 11.7 Å². The average Bonchev–Trinajstić information content (AvgIpc) is 2.85. The summed E-state index contributed by atoms with van der Waals surface area (Å²) >= 11 is 6.12. The summed E-state index contributed by atoms with van der Waals surface area (Å²) in [6, 6.07) is -0.0615. The van der Waals surface area contributed by atoms with E-state index in [1.54, 1.807) is 7.11 Å². The number of hydrogen-bond acceptors (Lipinski definition) is 3. The number of halogens is 1. The van der Waals surface area contributed by atoms with E-state index in [2.05, 4.69) is 4.98 Å². The van der Waals surface area contributed by atoms with Gasteiger partial charge < -0.3 is 4.74 Å². The minimum absolute atomic E-state index is 0.0615. The van der Waals surface area contributed by atoms with E-state index in [0.717, 1.165) is 25.7 Å². The van der Waals surface area contributed by atoms with E-state index in [0.29, 0.717) is 18.4 Å². The fourth-order valence-corrected chi connectivity index (χ4v) is 3.69. The van der Waals surface area contributed by atoms with Crippen LogP contribution >= 0.6 is 11.6 Å². The minimum Gasteiger partial charge on any atom is -0.381 e. The van der Waals surface area contributed by atoms with Gasteiger partial charge in [-0.25, -0.2) is 4.79 Å². The molecule has 20 heavy (non-hydrogen) atoms. The molecule has 0 aromatic carbocycles. The van der Waals surface area contributed by atoms with E-state index in [-0.39, 0.29) is 28.8 Å². The molecule has 0 saturated heterocycles. The second kappa shape index (κ2) is 5.37. The molecule has 6 heteroatoms. The first kappa shape index (κ1) is 13.9. The van der Waals surface area contributed by atoms with Crippen molar-refractivity contribution in [1.29, 1.82) is 0 Å². The van der Waals surface area contributed by atoms with Gasteiger partial charge in [0.15, 0.2) is 0 Å². The van der Waals surface area contributed by atoms with Crippen LogP contribution in [-0.4, -0.2) is 22.8 Å². The normalized spacial score (nSPS) is 26.7. The predicted molar refractivity (Wildman–Crippen MR) is 76.6 cm³/mol. The van der Waals surface area contributed by atoms with Crippen molar-refractivity contribution in [2.45, 2.75) is 56.6 Å². The molecular formula is C14H19ClN2O3. The monoisotopic (exact) mass is 298 g/mol. The molecule has 3 rings (SSSR count). The van der Waals surface area contributed by atoms with Crippen LogP contribution in [0.1, 0.15) is 56.0 Å². The molecule has 5 nitrogen and oxygen atoms in total. The molecule has 2 fully saturated rings. The zero-order valence-corrected chi connectivity index (χ0v) is 12.3. The van der Waals surface area contributed by atoms with Crippen LogP contribution in [0, 0.1) is 0 Å². The molecule has 1 N–H and O–H groups in total. The lowest BCUT2D eigenvalue weighted by Gasteiger charge is -2.35. The summed E-state index contributed by atoms with van der Waals surface area (Å²) in [4.78, 5) is 27.3. The highest BCUT2D eigenvalue weighted by Crippen LogP contribution is 2.36. The summed E-state index contributed by atoms with van der Waals surface area (Å²) in [5.41, 5.74) is -0.00358. The second-order valence-electron chi connectivity index (χ2n) is 5.80. The van der Waals surface area contributed by atoms with Crippen molar-refractivity contribution in [2.75, 3.05) is 7.11 Å². The van der Waals surface area contributed by atoms with Crippen LogP contribution in [-0.2, 0) is 4.74 Å². The van der Waals surface area contributed by atoms with E-state index < -0.39 is 5.69 Å². The summed E-state index contributed by atoms with van der Waals surface area (Å²) in [7, 11) is 1.65. The maximum Gasteiger partial charge on any atom is 0.329 e. The molecule has 1 aromatic rings. The number of H-pyrrole nitrogens is 1. The Bertz CT molecular complexity index is 610. The number of nitrogens with zero attached hydrogens (tertiary/aromatic N) is 1. The summed E-state index contributed by atoms with van der Waals surface area (Å²) in [5.74, 6) is 0.191. The van der Waals surface area contributed by atoms with E-state index in [4.69, 9.17) is 16.3 Å². The van der Waals surface area contributed by atoms with Crippen molar-refractivity contribution >= 4 is 11.6 Å². The quantitative estimate of drug-likeness (QED) is 0.870. The highest BCUT2D eigenvalue weighted by molar-refractivity contribution is 6.30. The lowest BCUT2D eigenvalue weighted by Crippen LogP contribution is -2.46. The van der Waals surface area contributed by atoms with Crippen molar-refractivity contribution in [1.82, 2.24) is 9.55 Å². The smallest absolute Gasteiger partial charge is 0.329 e. The van der Waals surface area contributed by atoms with Gasteiger partial charge in [-0.2, -0.15) is 0 Å². The molecule has 2 aliphatic rings. The maximum atomic E-state index is 12.6. The third-order valence-electron chi connectivity index (χ3n) is 4.65. The van der Waals surface area contributed by atoms with Gasteiger partial charge in [0, 0.05) is 13.2 Å². The van der Waals surface area contributed by atoms with Crippen molar-refractivity contribution in [3.05, 3.63) is 31.6 Å². The van der Waals surface area contributed by atoms with Crippen molar-refractivity contribution in [3.63, 3.8) is 0 Å². The zero-order valence-electron chi connectivity index (χ0n) is 11.5. The minimum atomic E-state index is -0.402. The van der Waals surface area contributed by atoms with Crippen LogP contribution in [0.2, 0.25) is 5.15 Å². The van der Waals surface area contributed by atoms with E-state index in [1.807, 2.05) is 0 Å². The van der Waals surface area contributed by atoms with Gasteiger partial charge in [-0.15, -0.1) is 0 Å². The van der Waals surface area contributed by atoms with Gasteiger partial charge in [0.2, 0.25) is 0 Å². The van der Waals surface area contributed by atoms with Crippen molar-refractivity contribution in [2.24, 2.45) is 0 Å². The molecule has 0 radical (unpaired) electrons. The van der Waals surface area contributed by atoms with E-state index in [9.17, 15) is 9.59 Å². The molecule has 2 saturated carbocycles. The van der Waals surface area contributed by atoms with Crippen LogP contribution in [0.25, 0.3) is 0 Å². The fraction of sp³-hybridized carbons (Fsp3) is 0.714. The molecule has 2 aliphatic carbocycles. The SMILES string of the molecule is COC1CC(n2c(=O)[nH]c(Cl)c(C3CCCC3)c2=O)C1. The molecule has 1 heterocycles. The molecule has 0 spiro atoms. The highest BCUT2D eigenvalue weighted by atomic mass is 35.5. The number of rotatable bonds is 3. The van der Waals surface area contributed by atoms with Gasteiger partial charge in [-0.3, -0.25) is 14.3 Å². The van der Waals surface area contributed by atoms with E-state index in [1.165, 1.54) is 4.57 Å². The molecule has 0 atom stereocenters. The van der Waals surface area contributed by atoms with Gasteiger partial charge in [-0.05, 0) is 31.6 Å². The molecule has 110 valence electrons. The highest BCUT2D eigenvalue weighted by Gasteiger charge is 2.34. The summed E-state index contributed by atoms with van der Waals surface area (Å²) in [6.07, 6.45) is 5.77. The van der Waals surface area contributed by atoms with Crippen LogP contribution in [0.15, 0.2) is 9.59 Å². The third-order valence-corrected chi connectivity index (χ3v) is 4.95. The molecule has 0 amide bonds. The molecule has 0 bridgehead atoms. The second-order valence-corrected chi connectivity index (χ2v) is 6.18. The number of hydrogen-bond donors (Lipinski definition) is 1. The molecular weight excluding hydrogens is 280 g/mol. The fourth-order valence-electron chi connectivity index (χ4n) is 3.38. The Morgan fingerprint density at radius 2 is 1.90 bits per heavy atom. The zero-order chi connectivity index (χ0) is 14.3. The van der Waals surface area contributed by atoms with Crippen LogP contribution in [0.5, 0.6) is 0 Å². The lowest BCUT2D eigenvalue weighted by atomic mass is 9.88. The number of aromatic nitrogens is 2. The van der Waals surface area contributed by atoms with Crippen LogP contribution < -0.4 is 11.2 Å². The summed E-state index contributed by atoms with van der Waals surface area (Å²) < 4.78 is 6.56. The lowest BCUT2D eigenvalue weighted by molar-refractivity contribution is 0.00371. The third kappa shape index (κ3) is 2.23. The van der Waals surface area contributed by atoms with Crippen LogP contribution in [0.3, 0.4) is 0 Å². The van der Waals surface area contributed by atoms with Crippen LogP contribution in [0.4, 0.5) is 0 Å². The van der Waals surface area contributed by atoms with Crippen molar-refractivity contribution in [3.8, 4) is 0 Å². The predicted octanol–water partition coefficient (Wildman–Crippen LogP) is 2.20. The summed E-state index contributed by atoms with van der Waals surface area (Å²) in [6.45, 7) is 0. The molecule has 1 aromatic heterocycles. The Kier molecular flexibility index (Phi) is 3.73. The Hall–Kier alpha value is -1.07. The first-order valence-electron chi connectivity index (χ1n) is 7.18. The Labute approximate surface area is 121 Å². The number of ether oxygens (including phenoxy) is 1. The van der Waals surface area contributed by atoms with E-state index >= 15 is 0 Å². The van der Waals surface area contributed by atoms with Gasteiger partial charge in [-0.1, -0.05) is 24.4 Å². The average molecular weight is 299 g/mol. The maximum absolute atomic E-state index is 12.6. The van der Waals surface area contributed by atoms with Gasteiger partial charge >= 0.3 is 5.69 Å². The molecule has 0 aliphatic heterocycles. The Morgan fingerprint density at radius 1 is 1.25 bits per heavy atom. The van der Waals surface area contributed by atoms with Gasteiger partial charge in [0.25, 0.3) is 5.56 Å². The number of aromatic amines is 1. The van der Waals surface area contributed by atoms with Crippen molar-refractivity contribution < 1.29 is 4.74 Å². The first-order chi connectivity index (χ1) is 9.61. The standard InChI is InChI=1S/C14H19ClN2O3/c1-20-10-6-9(7-10)17-13(18)11(8-4-2-3-5-8)12(15)16-14(17)19/h8-10H,2-7H2,1H3,(H,16,19). The Balaban J connectivity index is 2.00. The number of methoxy groups -OCH3 is 1. The number of nitrogens with one attached hydrogen (secondary N) is 1. The molecule has 0 unspecified atom stereocenters. The Morgan fingerprint density at radius 3 is 2.50 bits per heavy atom. The van der Waals surface area contributed by atoms with Gasteiger partial charge in [0.1, 0.15) is 5.15 Å². The first-order valence-corrected chi connectivity index (χ1v) is 7.56. The summed E-state index contributed by atoms with van der Waals surface area (Å²) in [5, 5.41) is 0.228. The largest absolute Gasteiger partial charge is 0.381 e.